The Hall–Kier alpha value is -2.00. The van der Waals surface area contributed by atoms with E-state index in [9.17, 15) is 0 Å². The van der Waals surface area contributed by atoms with Crippen LogP contribution < -0.4 is 5.46 Å². The zero-order valence-electron chi connectivity index (χ0n) is 12.6. The van der Waals surface area contributed by atoms with Gasteiger partial charge in [0.25, 0.3) is 0 Å². The van der Waals surface area contributed by atoms with Crippen molar-refractivity contribution < 1.29 is 9.31 Å². The summed E-state index contributed by atoms with van der Waals surface area (Å²) in [6, 6.07) is 5.23. The van der Waals surface area contributed by atoms with Gasteiger partial charge in [-0.1, -0.05) is 28.9 Å². The summed E-state index contributed by atoms with van der Waals surface area (Å²) in [4.78, 5) is 6.18. The van der Waals surface area contributed by atoms with Crippen molar-refractivity contribution in [1.82, 2.24) is 0 Å². The average molecular weight is 284 g/mol. The Bertz CT molecular complexity index is 629. The summed E-state index contributed by atoms with van der Waals surface area (Å²) in [5.41, 5.74) is 9.68. The van der Waals surface area contributed by atoms with E-state index in [0.29, 0.717) is 5.69 Å². The van der Waals surface area contributed by atoms with E-state index in [0.717, 1.165) is 11.0 Å². The summed E-state index contributed by atoms with van der Waals surface area (Å²) in [7, 11) is -0.529. The number of benzene rings is 1. The number of azide groups is 1. The summed E-state index contributed by atoms with van der Waals surface area (Å²) >= 11 is 0. The lowest BCUT2D eigenvalue weighted by atomic mass is 9.75. The molecule has 1 aliphatic heterocycles. The topological polar surface area (TPSA) is 71.6 Å². The fraction of sp³-hybridized carbons (Fsp3) is 0.500. The largest absolute Gasteiger partial charge is 0.495 e. The van der Waals surface area contributed by atoms with Crippen molar-refractivity contribution in [3.8, 4) is 0 Å². The summed E-state index contributed by atoms with van der Waals surface area (Å²) in [6.07, 6.45) is 0. The molecule has 108 valence electrons. The van der Waals surface area contributed by atoms with Crippen molar-refractivity contribution in [2.75, 3.05) is 0 Å². The Balaban J connectivity index is 2.41. The van der Waals surface area contributed by atoms with Crippen LogP contribution in [0.5, 0.6) is 0 Å². The van der Waals surface area contributed by atoms with Crippen LogP contribution in [0.4, 0.5) is 5.69 Å². The van der Waals surface area contributed by atoms with Crippen LogP contribution in [0, 0.1) is 6.57 Å². The zero-order valence-corrected chi connectivity index (χ0v) is 12.6. The molecule has 1 saturated heterocycles. The van der Waals surface area contributed by atoms with Crippen molar-refractivity contribution in [3.63, 3.8) is 0 Å². The van der Waals surface area contributed by atoms with Crippen LogP contribution in [0.1, 0.15) is 33.3 Å². The van der Waals surface area contributed by atoms with Gasteiger partial charge >= 0.3 is 7.12 Å². The molecule has 0 bridgehead atoms. The fourth-order valence-corrected chi connectivity index (χ4v) is 2.11. The van der Waals surface area contributed by atoms with E-state index >= 15 is 0 Å². The van der Waals surface area contributed by atoms with Crippen molar-refractivity contribution in [3.05, 3.63) is 45.6 Å². The van der Waals surface area contributed by atoms with Crippen LogP contribution in [0.3, 0.4) is 0 Å². The van der Waals surface area contributed by atoms with Crippen molar-refractivity contribution in [2.24, 2.45) is 5.11 Å². The van der Waals surface area contributed by atoms with E-state index in [4.69, 9.17) is 21.4 Å². The van der Waals surface area contributed by atoms with Gasteiger partial charge in [-0.25, -0.2) is 4.85 Å². The SMILES string of the molecule is [C-]#[N+]c1ccc(B2OC(C)(C)C(C)(C)O2)c(CN=[N+]=[N-])c1. The number of nitrogens with zero attached hydrogens (tertiary/aromatic N) is 4. The predicted molar refractivity (Wildman–Crippen MR) is 81.3 cm³/mol. The van der Waals surface area contributed by atoms with Crippen LogP contribution in [0.15, 0.2) is 23.3 Å². The molecule has 0 aromatic heterocycles. The molecule has 1 aromatic rings. The molecular formula is C14H17BN4O2. The molecule has 6 nitrogen and oxygen atoms in total. The molecular weight excluding hydrogens is 267 g/mol. The Morgan fingerprint density at radius 2 is 1.86 bits per heavy atom. The molecule has 1 aromatic carbocycles. The number of hydrogen-bond acceptors (Lipinski definition) is 3. The highest BCUT2D eigenvalue weighted by molar-refractivity contribution is 6.62. The molecule has 0 atom stereocenters. The molecule has 1 heterocycles. The van der Waals surface area contributed by atoms with Gasteiger partial charge in [0.1, 0.15) is 0 Å². The molecule has 0 saturated carbocycles. The quantitative estimate of drug-likeness (QED) is 0.281. The highest BCUT2D eigenvalue weighted by Crippen LogP contribution is 2.36. The molecule has 0 unspecified atom stereocenters. The molecule has 0 aliphatic carbocycles. The maximum atomic E-state index is 8.51. The molecule has 21 heavy (non-hydrogen) atoms. The van der Waals surface area contributed by atoms with Crippen LogP contribution in [0.25, 0.3) is 15.3 Å². The fourth-order valence-electron chi connectivity index (χ4n) is 2.11. The Morgan fingerprint density at radius 3 is 2.38 bits per heavy atom. The van der Waals surface area contributed by atoms with Gasteiger partial charge in [0, 0.05) is 11.5 Å². The third-order valence-electron chi connectivity index (χ3n) is 4.07. The van der Waals surface area contributed by atoms with E-state index in [1.54, 1.807) is 18.2 Å². The van der Waals surface area contributed by atoms with Crippen molar-refractivity contribution in [1.29, 1.82) is 0 Å². The summed E-state index contributed by atoms with van der Waals surface area (Å²) in [6.45, 7) is 15.2. The summed E-state index contributed by atoms with van der Waals surface area (Å²) < 4.78 is 12.0. The molecule has 2 rings (SSSR count). The van der Waals surface area contributed by atoms with Gasteiger partial charge < -0.3 is 9.31 Å². The van der Waals surface area contributed by atoms with Gasteiger partial charge in [0.05, 0.1) is 17.8 Å². The molecule has 0 N–H and O–H groups in total. The second-order valence-corrected chi connectivity index (χ2v) is 5.97. The van der Waals surface area contributed by atoms with Gasteiger partial charge in [0.2, 0.25) is 0 Å². The normalized spacial score (nSPS) is 18.9. The van der Waals surface area contributed by atoms with Crippen LogP contribution in [0.2, 0.25) is 0 Å². The summed E-state index contributed by atoms with van der Waals surface area (Å²) in [5, 5.41) is 3.59. The Morgan fingerprint density at radius 1 is 1.24 bits per heavy atom. The first kappa shape index (κ1) is 15.4. The molecule has 0 amide bonds. The Labute approximate surface area is 124 Å². The van der Waals surface area contributed by atoms with Crippen molar-refractivity contribution in [2.45, 2.75) is 45.4 Å². The number of rotatable bonds is 3. The first-order chi connectivity index (χ1) is 9.80. The van der Waals surface area contributed by atoms with E-state index in [2.05, 4.69) is 14.9 Å². The smallest absolute Gasteiger partial charge is 0.399 e. The molecule has 1 fully saturated rings. The van der Waals surface area contributed by atoms with E-state index in [-0.39, 0.29) is 6.54 Å². The second-order valence-electron chi connectivity index (χ2n) is 5.97. The maximum absolute atomic E-state index is 8.51. The minimum Gasteiger partial charge on any atom is -0.399 e. The standard InChI is InChI=1S/C14H17BN4O2/c1-13(2)14(3,4)21-15(20-13)12-7-6-11(17-5)8-10(12)9-18-19-16/h6-8H,9H2,1-4H3. The third-order valence-corrected chi connectivity index (χ3v) is 4.07. The highest BCUT2D eigenvalue weighted by atomic mass is 16.7. The summed E-state index contributed by atoms with van der Waals surface area (Å²) in [5.74, 6) is 0. The molecule has 0 spiro atoms. The lowest BCUT2D eigenvalue weighted by Crippen LogP contribution is -2.41. The third kappa shape index (κ3) is 2.88. The Kier molecular flexibility index (Phi) is 3.97. The molecule has 7 heteroatoms. The lowest BCUT2D eigenvalue weighted by Gasteiger charge is -2.32. The van der Waals surface area contributed by atoms with E-state index in [1.165, 1.54) is 0 Å². The van der Waals surface area contributed by atoms with Crippen LogP contribution in [-0.4, -0.2) is 18.3 Å². The van der Waals surface area contributed by atoms with Crippen LogP contribution in [-0.2, 0) is 15.9 Å². The minimum atomic E-state index is -0.529. The van der Waals surface area contributed by atoms with Gasteiger partial charge in [-0.2, -0.15) is 0 Å². The lowest BCUT2D eigenvalue weighted by molar-refractivity contribution is 0.00578. The molecule has 1 aliphatic rings. The van der Waals surface area contributed by atoms with Gasteiger partial charge in [-0.15, -0.1) is 0 Å². The van der Waals surface area contributed by atoms with Crippen LogP contribution >= 0.6 is 0 Å². The predicted octanol–water partition coefficient (Wildman–Crippen LogP) is 3.35. The van der Waals surface area contributed by atoms with Gasteiger partial charge in [0.15, 0.2) is 5.69 Å². The minimum absolute atomic E-state index is 0.166. The number of hydrogen-bond donors (Lipinski definition) is 0. The monoisotopic (exact) mass is 284 g/mol. The maximum Gasteiger partial charge on any atom is 0.495 e. The van der Waals surface area contributed by atoms with Gasteiger partial charge in [-0.05, 0) is 38.7 Å². The van der Waals surface area contributed by atoms with Gasteiger partial charge in [-0.3, -0.25) is 0 Å². The van der Waals surface area contributed by atoms with E-state index in [1.807, 2.05) is 27.7 Å². The second kappa shape index (κ2) is 5.42. The zero-order chi connectivity index (χ0) is 15.7. The first-order valence-corrected chi connectivity index (χ1v) is 6.67. The van der Waals surface area contributed by atoms with Crippen molar-refractivity contribution >= 4 is 18.3 Å². The highest BCUT2D eigenvalue weighted by Gasteiger charge is 2.52. The molecule has 0 radical (unpaired) electrons. The van der Waals surface area contributed by atoms with E-state index < -0.39 is 18.3 Å². The first-order valence-electron chi connectivity index (χ1n) is 6.67. The average Bonchev–Trinajstić information content (AvgIpc) is 2.64.